The van der Waals surface area contributed by atoms with Crippen LogP contribution < -0.4 is 10.5 Å². The molecule has 0 aliphatic rings. The van der Waals surface area contributed by atoms with Gasteiger partial charge < -0.3 is 5.73 Å². The Labute approximate surface area is 124 Å². The molecule has 1 rings (SSSR count). The predicted octanol–water partition coefficient (Wildman–Crippen LogP) is 1.55. The molecule has 1 aromatic rings. The Morgan fingerprint density at radius 2 is 2.00 bits per heavy atom. The fourth-order valence-electron chi connectivity index (χ4n) is 1.85. The summed E-state index contributed by atoms with van der Waals surface area (Å²) in [5, 5.41) is 10.9. The Morgan fingerprint density at radius 1 is 1.43 bits per heavy atom. The Hall–Kier alpha value is -1.51. The second-order valence-electron chi connectivity index (χ2n) is 5.54. The minimum atomic E-state index is -3.90. The number of benzene rings is 1. The van der Waals surface area contributed by atoms with Gasteiger partial charge in [-0.15, -0.1) is 0 Å². The molecular formula is C13H21N3O4S. The highest BCUT2D eigenvalue weighted by Crippen LogP contribution is 2.26. The van der Waals surface area contributed by atoms with Gasteiger partial charge in [0.25, 0.3) is 5.69 Å². The number of hydrogen-bond acceptors (Lipinski definition) is 5. The SMILES string of the molecule is Cc1c([N+](=O)[O-])cccc1S(=O)(=O)NC(C)(CN)C(C)C. The molecule has 1 unspecified atom stereocenters. The van der Waals surface area contributed by atoms with E-state index in [4.69, 9.17) is 5.73 Å². The summed E-state index contributed by atoms with van der Waals surface area (Å²) in [4.78, 5) is 10.2. The van der Waals surface area contributed by atoms with Crippen LogP contribution in [0.4, 0.5) is 5.69 Å². The molecule has 0 saturated heterocycles. The van der Waals surface area contributed by atoms with Crippen LogP contribution in [-0.2, 0) is 10.0 Å². The van der Waals surface area contributed by atoms with E-state index in [0.717, 1.165) is 0 Å². The van der Waals surface area contributed by atoms with E-state index in [1.807, 2.05) is 13.8 Å². The largest absolute Gasteiger partial charge is 0.329 e. The number of rotatable bonds is 6. The number of nitrogens with two attached hydrogens (primary N) is 1. The standard InChI is InChI=1S/C13H21N3O4S/c1-9(2)13(4,8-14)15-21(19,20)12-7-5-6-11(10(12)3)16(17)18/h5-7,9,15H,8,14H2,1-4H3. The second kappa shape index (κ2) is 6.08. The summed E-state index contributed by atoms with van der Waals surface area (Å²) in [6.07, 6.45) is 0. The van der Waals surface area contributed by atoms with E-state index in [9.17, 15) is 18.5 Å². The summed E-state index contributed by atoms with van der Waals surface area (Å²) in [6.45, 7) is 6.97. The Morgan fingerprint density at radius 3 is 2.43 bits per heavy atom. The van der Waals surface area contributed by atoms with Crippen molar-refractivity contribution in [2.45, 2.75) is 38.1 Å². The third-order valence-electron chi connectivity index (χ3n) is 3.81. The van der Waals surface area contributed by atoms with Gasteiger partial charge in [-0.25, -0.2) is 13.1 Å². The van der Waals surface area contributed by atoms with Crippen molar-refractivity contribution in [1.29, 1.82) is 0 Å². The van der Waals surface area contributed by atoms with Gasteiger partial charge in [0.15, 0.2) is 0 Å². The third-order valence-corrected chi connectivity index (χ3v) is 5.56. The summed E-state index contributed by atoms with van der Waals surface area (Å²) in [5.41, 5.74) is 4.73. The molecule has 1 atom stereocenters. The topological polar surface area (TPSA) is 115 Å². The average Bonchev–Trinajstić information content (AvgIpc) is 2.37. The van der Waals surface area contributed by atoms with Crippen LogP contribution >= 0.6 is 0 Å². The zero-order valence-electron chi connectivity index (χ0n) is 12.6. The number of nitro benzene ring substituents is 1. The lowest BCUT2D eigenvalue weighted by molar-refractivity contribution is -0.385. The van der Waals surface area contributed by atoms with Crippen LogP contribution in [0.2, 0.25) is 0 Å². The van der Waals surface area contributed by atoms with Crippen LogP contribution in [0.5, 0.6) is 0 Å². The van der Waals surface area contributed by atoms with E-state index < -0.39 is 20.5 Å². The van der Waals surface area contributed by atoms with Gasteiger partial charge in [-0.2, -0.15) is 0 Å². The number of nitro groups is 1. The first-order valence-electron chi connectivity index (χ1n) is 6.53. The minimum Gasteiger partial charge on any atom is -0.329 e. The molecule has 0 aliphatic heterocycles. The van der Waals surface area contributed by atoms with E-state index >= 15 is 0 Å². The van der Waals surface area contributed by atoms with Gasteiger partial charge in [-0.05, 0) is 25.8 Å². The van der Waals surface area contributed by atoms with E-state index in [1.165, 1.54) is 25.1 Å². The minimum absolute atomic E-state index is 0.0312. The molecule has 0 aromatic heterocycles. The summed E-state index contributed by atoms with van der Waals surface area (Å²) in [6, 6.07) is 3.98. The molecule has 1 aromatic carbocycles. The zero-order chi connectivity index (χ0) is 16.4. The zero-order valence-corrected chi connectivity index (χ0v) is 13.4. The number of hydrogen-bond donors (Lipinski definition) is 2. The maximum atomic E-state index is 12.5. The van der Waals surface area contributed by atoms with Crippen LogP contribution in [-0.4, -0.2) is 25.4 Å². The van der Waals surface area contributed by atoms with Crippen molar-refractivity contribution >= 4 is 15.7 Å². The van der Waals surface area contributed by atoms with Gasteiger partial charge in [0.1, 0.15) is 0 Å². The van der Waals surface area contributed by atoms with Gasteiger partial charge in [0.2, 0.25) is 10.0 Å². The van der Waals surface area contributed by atoms with Crippen LogP contribution in [0.25, 0.3) is 0 Å². The molecule has 8 heteroatoms. The molecular weight excluding hydrogens is 294 g/mol. The van der Waals surface area contributed by atoms with E-state index in [1.54, 1.807) is 6.92 Å². The maximum absolute atomic E-state index is 12.5. The molecule has 0 heterocycles. The lowest BCUT2D eigenvalue weighted by Gasteiger charge is -2.33. The first kappa shape index (κ1) is 17.5. The monoisotopic (exact) mass is 315 g/mol. The summed E-state index contributed by atoms with van der Waals surface area (Å²) >= 11 is 0. The van der Waals surface area contributed by atoms with Crippen molar-refractivity contribution in [1.82, 2.24) is 4.72 Å². The molecule has 0 saturated carbocycles. The fraction of sp³-hybridized carbons (Fsp3) is 0.538. The van der Waals surface area contributed by atoms with Crippen LogP contribution in [0.1, 0.15) is 26.3 Å². The Balaban J connectivity index is 3.33. The molecule has 0 aliphatic carbocycles. The van der Waals surface area contributed by atoms with E-state index in [2.05, 4.69) is 4.72 Å². The molecule has 0 radical (unpaired) electrons. The summed E-state index contributed by atoms with van der Waals surface area (Å²) < 4.78 is 27.6. The van der Waals surface area contributed by atoms with Crippen LogP contribution in [0, 0.1) is 23.0 Å². The predicted molar refractivity (Wildman–Crippen MR) is 80.5 cm³/mol. The molecule has 3 N–H and O–H groups in total. The molecule has 0 bridgehead atoms. The normalized spacial score (nSPS) is 15.0. The Bertz CT molecular complexity index is 643. The first-order chi connectivity index (χ1) is 9.55. The van der Waals surface area contributed by atoms with Crippen LogP contribution in [0.15, 0.2) is 23.1 Å². The number of nitrogens with zero attached hydrogens (tertiary/aromatic N) is 1. The van der Waals surface area contributed by atoms with Crippen molar-refractivity contribution in [2.24, 2.45) is 11.7 Å². The lowest BCUT2D eigenvalue weighted by atomic mass is 9.90. The van der Waals surface area contributed by atoms with Gasteiger partial charge in [-0.1, -0.05) is 19.9 Å². The third kappa shape index (κ3) is 3.58. The van der Waals surface area contributed by atoms with E-state index in [0.29, 0.717) is 0 Å². The Kier molecular flexibility index (Phi) is 5.08. The number of sulfonamides is 1. The highest BCUT2D eigenvalue weighted by atomic mass is 32.2. The van der Waals surface area contributed by atoms with Crippen LogP contribution in [0.3, 0.4) is 0 Å². The van der Waals surface area contributed by atoms with Crippen molar-refractivity contribution in [2.75, 3.05) is 6.54 Å². The molecule has 0 fully saturated rings. The molecule has 7 nitrogen and oxygen atoms in total. The van der Waals surface area contributed by atoms with Gasteiger partial charge in [0.05, 0.1) is 9.82 Å². The quantitative estimate of drug-likeness (QED) is 0.610. The van der Waals surface area contributed by atoms with E-state index in [-0.39, 0.29) is 28.6 Å². The highest BCUT2D eigenvalue weighted by Gasteiger charge is 2.34. The van der Waals surface area contributed by atoms with Crippen molar-refractivity contribution in [3.05, 3.63) is 33.9 Å². The number of nitrogens with one attached hydrogen (secondary N) is 1. The summed E-state index contributed by atoms with van der Waals surface area (Å²) in [5.74, 6) is -0.0312. The fourth-order valence-corrected chi connectivity index (χ4v) is 3.66. The molecule has 0 spiro atoms. The average molecular weight is 315 g/mol. The highest BCUT2D eigenvalue weighted by molar-refractivity contribution is 7.89. The molecule has 21 heavy (non-hydrogen) atoms. The molecule has 0 amide bonds. The van der Waals surface area contributed by atoms with Gasteiger partial charge in [0, 0.05) is 23.7 Å². The van der Waals surface area contributed by atoms with Crippen molar-refractivity contribution in [3.63, 3.8) is 0 Å². The lowest BCUT2D eigenvalue weighted by Crippen LogP contribution is -2.54. The molecule has 118 valence electrons. The van der Waals surface area contributed by atoms with Gasteiger partial charge in [-0.3, -0.25) is 10.1 Å². The van der Waals surface area contributed by atoms with Crippen molar-refractivity contribution in [3.8, 4) is 0 Å². The second-order valence-corrected chi connectivity index (χ2v) is 7.19. The maximum Gasteiger partial charge on any atom is 0.273 e. The summed E-state index contributed by atoms with van der Waals surface area (Å²) in [7, 11) is -3.90. The smallest absolute Gasteiger partial charge is 0.273 e. The van der Waals surface area contributed by atoms with Gasteiger partial charge >= 0.3 is 0 Å². The van der Waals surface area contributed by atoms with Crippen molar-refractivity contribution < 1.29 is 13.3 Å². The first-order valence-corrected chi connectivity index (χ1v) is 8.01.